The Kier molecular flexibility index (Phi) is 4.99. The highest BCUT2D eigenvalue weighted by Crippen LogP contribution is 2.35. The van der Waals surface area contributed by atoms with E-state index in [-0.39, 0.29) is 22.4 Å². The first kappa shape index (κ1) is 21.0. The number of nitrogens with one attached hydrogen (secondary N) is 3. The predicted octanol–water partition coefficient (Wildman–Crippen LogP) is 5.49. The zero-order valence-electron chi connectivity index (χ0n) is 16.4. The number of H-pyrrole nitrogens is 1. The number of alkyl halides is 3. The van der Waals surface area contributed by atoms with Gasteiger partial charge < -0.3 is 10.3 Å². The van der Waals surface area contributed by atoms with Crippen molar-refractivity contribution in [3.63, 3.8) is 0 Å². The number of thiophene rings is 1. The Morgan fingerprint density at radius 1 is 1.09 bits per heavy atom. The van der Waals surface area contributed by atoms with E-state index in [1.54, 1.807) is 6.07 Å². The van der Waals surface area contributed by atoms with Crippen LogP contribution in [0.25, 0.3) is 22.2 Å². The Balaban J connectivity index is 1.54. The van der Waals surface area contributed by atoms with Crippen molar-refractivity contribution in [2.24, 2.45) is 0 Å². The van der Waals surface area contributed by atoms with Crippen molar-refractivity contribution in [2.75, 3.05) is 5.32 Å². The summed E-state index contributed by atoms with van der Waals surface area (Å²) in [6.45, 7) is 0. The van der Waals surface area contributed by atoms with Crippen molar-refractivity contribution in [1.29, 1.82) is 0 Å². The Bertz CT molecular complexity index is 1390. The van der Waals surface area contributed by atoms with Gasteiger partial charge in [0.2, 0.25) is 16.0 Å². The number of aromatic amines is 1. The molecule has 32 heavy (non-hydrogen) atoms. The van der Waals surface area contributed by atoms with Crippen molar-refractivity contribution in [3.8, 4) is 11.1 Å². The molecule has 11 heteroatoms. The van der Waals surface area contributed by atoms with E-state index in [0.29, 0.717) is 11.2 Å². The first-order valence-corrected chi connectivity index (χ1v) is 12.1. The fourth-order valence-corrected chi connectivity index (χ4v) is 5.31. The summed E-state index contributed by atoms with van der Waals surface area (Å²) in [7, 11) is -3.69. The Hall–Kier alpha value is -2.89. The zero-order chi connectivity index (χ0) is 22.5. The normalized spacial score (nSPS) is 14.7. The van der Waals surface area contributed by atoms with Crippen LogP contribution in [0.4, 0.5) is 24.8 Å². The van der Waals surface area contributed by atoms with Crippen LogP contribution in [0.2, 0.25) is 0 Å². The maximum absolute atomic E-state index is 13.0. The highest BCUT2D eigenvalue weighted by Gasteiger charge is 2.31. The molecule has 1 saturated carbocycles. The second-order valence-corrected chi connectivity index (χ2v) is 10.0. The first-order chi connectivity index (χ1) is 15.2. The molecule has 0 atom stereocenters. The molecule has 5 rings (SSSR count). The molecule has 4 aromatic rings. The Morgan fingerprint density at radius 3 is 2.59 bits per heavy atom. The summed E-state index contributed by atoms with van der Waals surface area (Å²) in [6.07, 6.45) is -2.83. The number of rotatable bonds is 6. The van der Waals surface area contributed by atoms with Gasteiger partial charge in [0, 0.05) is 11.6 Å². The largest absolute Gasteiger partial charge is 0.416 e. The van der Waals surface area contributed by atoms with Gasteiger partial charge in [0.05, 0.1) is 27.2 Å². The monoisotopic (exact) mass is 478 g/mol. The van der Waals surface area contributed by atoms with Gasteiger partial charge in [-0.3, -0.25) is 0 Å². The summed E-state index contributed by atoms with van der Waals surface area (Å²) in [5, 5.41) is 6.88. The van der Waals surface area contributed by atoms with Gasteiger partial charge in [0.25, 0.3) is 0 Å². The molecule has 0 radical (unpaired) electrons. The van der Waals surface area contributed by atoms with Crippen molar-refractivity contribution in [2.45, 2.75) is 30.0 Å². The van der Waals surface area contributed by atoms with Crippen LogP contribution >= 0.6 is 11.3 Å². The van der Waals surface area contributed by atoms with Gasteiger partial charge in [0.15, 0.2) is 0 Å². The van der Waals surface area contributed by atoms with Crippen molar-refractivity contribution in [1.82, 2.24) is 14.7 Å². The number of hydrogen-bond donors (Lipinski definition) is 3. The van der Waals surface area contributed by atoms with E-state index in [1.165, 1.54) is 29.5 Å². The number of nitrogens with zero attached hydrogens (tertiary/aromatic N) is 1. The zero-order valence-corrected chi connectivity index (χ0v) is 18.0. The van der Waals surface area contributed by atoms with Crippen LogP contribution < -0.4 is 10.0 Å². The minimum Gasteiger partial charge on any atom is -0.325 e. The molecule has 1 fully saturated rings. The number of aromatic nitrogens is 2. The Labute approximate surface area is 185 Å². The highest BCUT2D eigenvalue weighted by molar-refractivity contribution is 7.89. The molecular weight excluding hydrogens is 461 g/mol. The van der Waals surface area contributed by atoms with Gasteiger partial charge in [-0.2, -0.15) is 24.5 Å². The quantitative estimate of drug-likeness (QED) is 0.342. The minimum atomic E-state index is -4.46. The van der Waals surface area contributed by atoms with E-state index in [2.05, 4.69) is 20.0 Å². The van der Waals surface area contributed by atoms with Crippen molar-refractivity contribution in [3.05, 3.63) is 58.8 Å². The third-order valence-electron chi connectivity index (χ3n) is 5.09. The predicted molar refractivity (Wildman–Crippen MR) is 117 cm³/mol. The average molecular weight is 479 g/mol. The van der Waals surface area contributed by atoms with E-state index in [0.717, 1.165) is 36.1 Å². The maximum atomic E-state index is 13.0. The van der Waals surface area contributed by atoms with Crippen LogP contribution in [-0.2, 0) is 16.2 Å². The molecule has 0 aliphatic heterocycles. The standard InChI is InChI=1S/C21H17F3N4O2S2/c22-21(23,24)13-1-6-17-19(9-13)27-20(25-17)26-18-10-15(32(29,30)28-14-2-3-14)4-5-16(18)12-7-8-31-11-12/h1,4-11,14,28H,2-3H2,(H2,25,26,27). The van der Waals surface area contributed by atoms with Gasteiger partial charge in [-0.05, 0) is 65.6 Å². The summed E-state index contributed by atoms with van der Waals surface area (Å²) in [4.78, 5) is 7.25. The summed E-state index contributed by atoms with van der Waals surface area (Å²) in [5.41, 5.74) is 1.89. The van der Waals surface area contributed by atoms with E-state index in [1.807, 2.05) is 16.8 Å². The van der Waals surface area contributed by atoms with E-state index in [4.69, 9.17) is 0 Å². The number of hydrogen-bond acceptors (Lipinski definition) is 5. The lowest BCUT2D eigenvalue weighted by atomic mass is 10.1. The second-order valence-electron chi connectivity index (χ2n) is 7.56. The SMILES string of the molecule is O=S(=O)(NC1CC1)c1ccc(-c2ccsc2)c(Nc2nc3ccc(C(F)(F)F)cc3[nH]2)c1. The smallest absolute Gasteiger partial charge is 0.325 e. The molecule has 0 unspecified atom stereocenters. The minimum absolute atomic E-state index is 0.0360. The van der Waals surface area contributed by atoms with Gasteiger partial charge in [-0.25, -0.2) is 18.1 Å². The van der Waals surface area contributed by atoms with Crippen LogP contribution in [0.1, 0.15) is 18.4 Å². The topological polar surface area (TPSA) is 86.9 Å². The average Bonchev–Trinajstić information content (AvgIpc) is 3.21. The molecule has 0 bridgehead atoms. The van der Waals surface area contributed by atoms with Crippen LogP contribution in [0.3, 0.4) is 0 Å². The van der Waals surface area contributed by atoms with Gasteiger partial charge in [0.1, 0.15) is 0 Å². The van der Waals surface area contributed by atoms with E-state index in [9.17, 15) is 21.6 Å². The van der Waals surface area contributed by atoms with Crippen LogP contribution in [-0.4, -0.2) is 24.4 Å². The van der Waals surface area contributed by atoms with Gasteiger partial charge in [-0.15, -0.1) is 0 Å². The van der Waals surface area contributed by atoms with Crippen LogP contribution in [0, 0.1) is 0 Å². The number of sulfonamides is 1. The van der Waals surface area contributed by atoms with Crippen molar-refractivity contribution >= 4 is 44.0 Å². The van der Waals surface area contributed by atoms with Crippen LogP contribution in [0.5, 0.6) is 0 Å². The van der Waals surface area contributed by atoms with Gasteiger partial charge >= 0.3 is 6.18 Å². The molecule has 0 saturated heterocycles. The third kappa shape index (κ3) is 4.23. The van der Waals surface area contributed by atoms with E-state index < -0.39 is 21.8 Å². The number of halogens is 3. The fourth-order valence-electron chi connectivity index (χ4n) is 3.32. The molecule has 2 aromatic carbocycles. The molecule has 166 valence electrons. The second kappa shape index (κ2) is 7.61. The molecule has 6 nitrogen and oxygen atoms in total. The molecular formula is C21H17F3N4O2S2. The summed E-state index contributed by atoms with van der Waals surface area (Å²) >= 11 is 1.50. The fraction of sp³-hybridized carbons (Fsp3) is 0.190. The number of anilines is 2. The molecule has 0 amide bonds. The lowest BCUT2D eigenvalue weighted by Crippen LogP contribution is -2.25. The molecule has 3 N–H and O–H groups in total. The van der Waals surface area contributed by atoms with E-state index >= 15 is 0 Å². The highest BCUT2D eigenvalue weighted by atomic mass is 32.2. The molecule has 2 heterocycles. The summed E-state index contributed by atoms with van der Waals surface area (Å²) < 4.78 is 67.1. The van der Waals surface area contributed by atoms with Gasteiger partial charge in [-0.1, -0.05) is 6.07 Å². The third-order valence-corrected chi connectivity index (χ3v) is 7.30. The number of fused-ring (bicyclic) bond motifs is 1. The lowest BCUT2D eigenvalue weighted by molar-refractivity contribution is -0.137. The molecule has 1 aliphatic rings. The Morgan fingerprint density at radius 2 is 1.91 bits per heavy atom. The maximum Gasteiger partial charge on any atom is 0.416 e. The molecule has 0 spiro atoms. The molecule has 1 aliphatic carbocycles. The number of imidazole rings is 1. The summed E-state index contributed by atoms with van der Waals surface area (Å²) in [6, 6.07) is 9.87. The lowest BCUT2D eigenvalue weighted by Gasteiger charge is -2.13. The molecule has 2 aromatic heterocycles. The van der Waals surface area contributed by atoms with Crippen LogP contribution in [0.15, 0.2) is 58.1 Å². The van der Waals surface area contributed by atoms with Crippen molar-refractivity contribution < 1.29 is 21.6 Å². The summed E-state index contributed by atoms with van der Waals surface area (Å²) in [5.74, 6) is 0.209. The number of benzene rings is 2. The first-order valence-electron chi connectivity index (χ1n) is 9.72.